The second kappa shape index (κ2) is 10.9. The fraction of sp³-hybridized carbons (Fsp3) is 0.154. The third-order valence-corrected chi connectivity index (χ3v) is 6.20. The highest BCUT2D eigenvalue weighted by atomic mass is 79.9. The summed E-state index contributed by atoms with van der Waals surface area (Å²) in [4.78, 5) is 29.0. The van der Waals surface area contributed by atoms with Crippen LogP contribution in [0.5, 0.6) is 5.75 Å². The molecule has 9 nitrogen and oxygen atoms in total. The first-order chi connectivity index (χ1) is 17.7. The molecule has 0 N–H and O–H groups in total. The summed E-state index contributed by atoms with van der Waals surface area (Å²) in [6.45, 7) is 3.69. The zero-order chi connectivity index (χ0) is 26.7. The highest BCUT2D eigenvalue weighted by molar-refractivity contribution is 9.10. The van der Waals surface area contributed by atoms with Gasteiger partial charge >= 0.3 is 5.69 Å². The number of halogens is 2. The Morgan fingerprint density at radius 3 is 2.73 bits per heavy atom. The fourth-order valence-electron chi connectivity index (χ4n) is 3.63. The summed E-state index contributed by atoms with van der Waals surface area (Å²) < 4.78 is 7.57. The van der Waals surface area contributed by atoms with Gasteiger partial charge in [0.1, 0.15) is 12.4 Å². The molecule has 0 radical (unpaired) electrons. The number of rotatable bonds is 7. The Morgan fingerprint density at radius 2 is 2.03 bits per heavy atom. The minimum Gasteiger partial charge on any atom is -0.481 e. The molecule has 37 heavy (non-hydrogen) atoms. The van der Waals surface area contributed by atoms with Crippen LogP contribution in [0, 0.1) is 21.4 Å². The second-order valence-electron chi connectivity index (χ2n) is 8.31. The molecule has 1 heterocycles. The standard InChI is InChI=1S/C26H19BrClN5O4/c1-15(2)25-31-22-8-7-19(27)11-20(22)26(34)32(25)30-13-16-9-21(28)24(23(10-16)33(35)36)37-14-18-6-4-3-5-17(18)12-29/h3-11,13,15H,14H2,1-2H3. The van der Waals surface area contributed by atoms with E-state index in [-0.39, 0.29) is 40.1 Å². The summed E-state index contributed by atoms with van der Waals surface area (Å²) in [5.74, 6) is 0.185. The van der Waals surface area contributed by atoms with Crippen LogP contribution in [0.2, 0.25) is 5.02 Å². The normalized spacial score (nSPS) is 11.2. The van der Waals surface area contributed by atoms with Crippen LogP contribution in [-0.4, -0.2) is 20.8 Å². The minimum atomic E-state index is -0.616. The molecular weight excluding hydrogens is 562 g/mol. The molecule has 0 spiro atoms. The van der Waals surface area contributed by atoms with Gasteiger partial charge in [-0.1, -0.05) is 59.6 Å². The molecule has 0 amide bonds. The van der Waals surface area contributed by atoms with Crippen molar-refractivity contribution in [3.63, 3.8) is 0 Å². The number of hydrogen-bond donors (Lipinski definition) is 0. The maximum atomic E-state index is 13.2. The number of nitrogens with zero attached hydrogens (tertiary/aromatic N) is 5. The number of nitro groups is 1. The van der Waals surface area contributed by atoms with Crippen molar-refractivity contribution in [3.8, 4) is 11.8 Å². The average molecular weight is 581 g/mol. The summed E-state index contributed by atoms with van der Waals surface area (Å²) in [5, 5.41) is 25.7. The van der Waals surface area contributed by atoms with Crippen LogP contribution < -0.4 is 10.3 Å². The van der Waals surface area contributed by atoms with Crippen LogP contribution >= 0.6 is 27.5 Å². The summed E-state index contributed by atoms with van der Waals surface area (Å²) in [6.07, 6.45) is 1.31. The van der Waals surface area contributed by atoms with E-state index in [4.69, 9.17) is 16.3 Å². The Bertz CT molecular complexity index is 1660. The number of aromatic nitrogens is 2. The molecule has 4 aromatic rings. The van der Waals surface area contributed by atoms with Gasteiger partial charge in [-0.15, -0.1) is 0 Å². The number of nitro benzene ring substituents is 1. The van der Waals surface area contributed by atoms with E-state index >= 15 is 0 Å². The Morgan fingerprint density at radius 1 is 1.27 bits per heavy atom. The molecule has 0 aliphatic heterocycles. The van der Waals surface area contributed by atoms with Gasteiger partial charge in [-0.3, -0.25) is 14.9 Å². The van der Waals surface area contributed by atoms with Gasteiger partial charge in [0, 0.05) is 27.6 Å². The van der Waals surface area contributed by atoms with Crippen molar-refractivity contribution in [3.05, 3.63) is 107 Å². The highest BCUT2D eigenvalue weighted by Gasteiger charge is 2.21. The Labute approximate surface area is 224 Å². The van der Waals surface area contributed by atoms with Crippen molar-refractivity contribution in [2.24, 2.45) is 5.10 Å². The molecule has 0 saturated carbocycles. The van der Waals surface area contributed by atoms with Gasteiger partial charge in [-0.2, -0.15) is 15.0 Å². The van der Waals surface area contributed by atoms with Crippen LogP contribution in [0.1, 0.15) is 42.3 Å². The smallest absolute Gasteiger partial charge is 0.313 e. The van der Waals surface area contributed by atoms with E-state index in [1.807, 2.05) is 13.8 Å². The van der Waals surface area contributed by atoms with Crippen molar-refractivity contribution in [2.45, 2.75) is 26.4 Å². The third-order valence-electron chi connectivity index (χ3n) is 5.42. The average Bonchev–Trinajstić information content (AvgIpc) is 2.87. The van der Waals surface area contributed by atoms with Crippen molar-refractivity contribution in [2.75, 3.05) is 0 Å². The molecule has 0 bridgehead atoms. The third kappa shape index (κ3) is 5.53. The van der Waals surface area contributed by atoms with Crippen LogP contribution in [0.3, 0.4) is 0 Å². The second-order valence-corrected chi connectivity index (χ2v) is 9.64. The zero-order valence-corrected chi connectivity index (χ0v) is 22.0. The first-order valence-electron chi connectivity index (χ1n) is 11.0. The van der Waals surface area contributed by atoms with Crippen molar-refractivity contribution in [1.29, 1.82) is 5.26 Å². The van der Waals surface area contributed by atoms with E-state index in [1.165, 1.54) is 23.0 Å². The molecule has 3 aromatic carbocycles. The van der Waals surface area contributed by atoms with Gasteiger partial charge in [-0.25, -0.2) is 4.98 Å². The Kier molecular flexibility index (Phi) is 7.66. The molecule has 11 heteroatoms. The maximum absolute atomic E-state index is 13.2. The maximum Gasteiger partial charge on any atom is 0.313 e. The lowest BCUT2D eigenvalue weighted by molar-refractivity contribution is -0.385. The van der Waals surface area contributed by atoms with Crippen LogP contribution in [0.25, 0.3) is 10.9 Å². The van der Waals surface area contributed by atoms with E-state index in [9.17, 15) is 20.2 Å². The molecular formula is C26H19BrClN5O4. The Balaban J connectivity index is 1.73. The van der Waals surface area contributed by atoms with E-state index in [0.29, 0.717) is 27.9 Å². The van der Waals surface area contributed by atoms with Crippen molar-refractivity contribution >= 4 is 50.3 Å². The van der Waals surface area contributed by atoms with Gasteiger partial charge in [0.25, 0.3) is 5.56 Å². The van der Waals surface area contributed by atoms with Crippen LogP contribution in [0.4, 0.5) is 5.69 Å². The minimum absolute atomic E-state index is 0.0120. The largest absolute Gasteiger partial charge is 0.481 e. The number of fused-ring (bicyclic) bond motifs is 1. The molecule has 0 aliphatic rings. The number of nitriles is 1. The first kappa shape index (κ1) is 26.0. The molecule has 1 aromatic heterocycles. The summed E-state index contributed by atoms with van der Waals surface area (Å²) >= 11 is 9.73. The molecule has 0 unspecified atom stereocenters. The summed E-state index contributed by atoms with van der Waals surface area (Å²) in [5.41, 5.74) is 1.05. The zero-order valence-electron chi connectivity index (χ0n) is 19.7. The lowest BCUT2D eigenvalue weighted by Crippen LogP contribution is -2.23. The highest BCUT2D eigenvalue weighted by Crippen LogP contribution is 2.36. The first-order valence-corrected chi connectivity index (χ1v) is 12.2. The van der Waals surface area contributed by atoms with Crippen molar-refractivity contribution in [1.82, 2.24) is 9.66 Å². The predicted octanol–water partition coefficient (Wildman–Crippen LogP) is 6.18. The predicted molar refractivity (Wildman–Crippen MR) is 144 cm³/mol. The quantitative estimate of drug-likeness (QED) is 0.146. The molecule has 186 valence electrons. The van der Waals surface area contributed by atoms with Crippen LogP contribution in [-0.2, 0) is 6.61 Å². The van der Waals surface area contributed by atoms with Crippen LogP contribution in [0.15, 0.2) is 69.0 Å². The van der Waals surface area contributed by atoms with Gasteiger partial charge in [0.05, 0.1) is 38.7 Å². The summed E-state index contributed by atoms with van der Waals surface area (Å²) in [6, 6.07) is 16.8. The SMILES string of the molecule is CC(C)c1nc2ccc(Br)cc2c(=O)n1N=Cc1cc(Cl)c(OCc2ccccc2C#N)c([N+](=O)[O-])c1. The topological polar surface area (TPSA) is 123 Å². The van der Waals surface area contributed by atoms with E-state index < -0.39 is 4.92 Å². The molecule has 0 aliphatic carbocycles. The Hall–Kier alpha value is -4.07. The molecule has 0 fully saturated rings. The van der Waals surface area contributed by atoms with E-state index in [1.54, 1.807) is 42.5 Å². The van der Waals surface area contributed by atoms with E-state index in [2.05, 4.69) is 32.1 Å². The van der Waals surface area contributed by atoms with Gasteiger partial charge in [0.2, 0.25) is 5.75 Å². The van der Waals surface area contributed by atoms with Gasteiger partial charge < -0.3 is 4.74 Å². The molecule has 4 rings (SSSR count). The lowest BCUT2D eigenvalue weighted by atomic mass is 10.1. The lowest BCUT2D eigenvalue weighted by Gasteiger charge is -2.12. The molecule has 0 atom stereocenters. The number of hydrogen-bond acceptors (Lipinski definition) is 7. The number of ether oxygens (including phenoxy) is 1. The number of benzene rings is 3. The summed E-state index contributed by atoms with van der Waals surface area (Å²) in [7, 11) is 0. The van der Waals surface area contributed by atoms with Gasteiger partial charge in [0.15, 0.2) is 0 Å². The van der Waals surface area contributed by atoms with E-state index in [0.717, 1.165) is 4.47 Å². The fourth-order valence-corrected chi connectivity index (χ4v) is 4.27. The van der Waals surface area contributed by atoms with Gasteiger partial charge in [-0.05, 0) is 30.3 Å². The monoisotopic (exact) mass is 579 g/mol. The van der Waals surface area contributed by atoms with Crippen molar-refractivity contribution < 1.29 is 9.66 Å². The molecule has 0 saturated heterocycles.